The summed E-state index contributed by atoms with van der Waals surface area (Å²) in [7, 11) is -3.60. The maximum Gasteiger partial charge on any atom is 0.243 e. The molecule has 94 valence electrons. The molecule has 0 radical (unpaired) electrons. The molecule has 0 saturated carbocycles. The number of alkyl halides is 2. The summed E-state index contributed by atoms with van der Waals surface area (Å²) in [5.41, 5.74) is 0.264. The first-order chi connectivity index (χ1) is 7.72. The lowest BCUT2D eigenvalue weighted by Crippen LogP contribution is -2.35. The van der Waals surface area contributed by atoms with Crippen molar-refractivity contribution in [3.63, 3.8) is 0 Å². The number of benzene rings is 1. The number of rotatable bonds is 4. The highest BCUT2D eigenvalue weighted by molar-refractivity contribution is 9.28. The highest BCUT2D eigenvalue weighted by Gasteiger charge is 2.45. The summed E-state index contributed by atoms with van der Waals surface area (Å²) < 4.78 is 21.7. The molecule has 0 aliphatic carbocycles. The Morgan fingerprint density at radius 1 is 1.29 bits per heavy atom. The van der Waals surface area contributed by atoms with E-state index in [9.17, 15) is 13.2 Å². The Balaban J connectivity index is 3.18. The zero-order chi connectivity index (χ0) is 13.3. The van der Waals surface area contributed by atoms with Crippen molar-refractivity contribution in [2.45, 2.75) is 9.49 Å². The minimum Gasteiger partial charge on any atom is -0.290 e. The summed E-state index contributed by atoms with van der Waals surface area (Å²) >= 11 is 11.6. The SMILES string of the molecule is CCS(=O)(=O)C(Br)(Br)C(=O)c1ccc(Cl)cc1. The van der Waals surface area contributed by atoms with E-state index in [-0.39, 0.29) is 11.3 Å². The predicted octanol–water partition coefficient (Wildman–Crippen LogP) is 3.40. The second-order valence-electron chi connectivity index (χ2n) is 3.26. The van der Waals surface area contributed by atoms with Crippen LogP contribution in [-0.2, 0) is 9.84 Å². The molecule has 0 amide bonds. The molecule has 7 heteroatoms. The highest BCUT2D eigenvalue weighted by atomic mass is 79.9. The standard InChI is InChI=1S/C10H9Br2ClO3S/c1-2-17(15,16)10(11,12)9(14)7-3-5-8(13)6-4-7/h3-6H,2H2,1H3. The molecule has 0 fully saturated rings. The summed E-state index contributed by atoms with van der Waals surface area (Å²) in [5.74, 6) is -0.723. The highest BCUT2D eigenvalue weighted by Crippen LogP contribution is 2.37. The van der Waals surface area contributed by atoms with E-state index in [0.29, 0.717) is 5.02 Å². The molecule has 0 heterocycles. The van der Waals surface area contributed by atoms with E-state index in [1.54, 1.807) is 0 Å². The van der Waals surface area contributed by atoms with Crippen LogP contribution in [0.4, 0.5) is 0 Å². The molecule has 0 saturated heterocycles. The van der Waals surface area contributed by atoms with Crippen LogP contribution < -0.4 is 0 Å². The van der Waals surface area contributed by atoms with Crippen LogP contribution in [0.15, 0.2) is 24.3 Å². The van der Waals surface area contributed by atoms with Crippen LogP contribution in [0.2, 0.25) is 5.02 Å². The van der Waals surface area contributed by atoms with Crippen LogP contribution in [0, 0.1) is 0 Å². The third-order valence-electron chi connectivity index (χ3n) is 2.14. The van der Waals surface area contributed by atoms with Crippen molar-refractivity contribution in [1.29, 1.82) is 0 Å². The summed E-state index contributed by atoms with van der Waals surface area (Å²) in [6, 6.07) is 6.02. The zero-order valence-electron chi connectivity index (χ0n) is 8.78. The molecule has 1 rings (SSSR count). The monoisotopic (exact) mass is 402 g/mol. The Bertz CT molecular complexity index is 523. The Labute approximate surface area is 122 Å². The Kier molecular flexibility index (Phi) is 4.80. The first kappa shape index (κ1) is 15.1. The van der Waals surface area contributed by atoms with Gasteiger partial charge in [0.1, 0.15) is 0 Å². The zero-order valence-corrected chi connectivity index (χ0v) is 13.5. The van der Waals surface area contributed by atoms with Crippen LogP contribution in [0.25, 0.3) is 0 Å². The number of sulfone groups is 1. The third kappa shape index (κ3) is 3.10. The molecule has 1 aromatic rings. The summed E-state index contributed by atoms with van der Waals surface area (Å²) in [6.07, 6.45) is 0. The first-order valence-electron chi connectivity index (χ1n) is 4.63. The minimum absolute atomic E-state index is 0.150. The van der Waals surface area contributed by atoms with E-state index in [1.807, 2.05) is 0 Å². The Morgan fingerprint density at radius 2 is 1.76 bits per heavy atom. The smallest absolute Gasteiger partial charge is 0.243 e. The van der Waals surface area contributed by atoms with Gasteiger partial charge in [0.25, 0.3) is 0 Å². The summed E-state index contributed by atoms with van der Waals surface area (Å²) in [6.45, 7) is 1.47. The molecule has 1 aromatic carbocycles. The van der Waals surface area contributed by atoms with Gasteiger partial charge in [0, 0.05) is 10.6 Å². The van der Waals surface area contributed by atoms with Gasteiger partial charge < -0.3 is 0 Å². The van der Waals surface area contributed by atoms with E-state index in [1.165, 1.54) is 31.2 Å². The number of carbonyl (C=O) groups is 1. The van der Waals surface area contributed by atoms with Gasteiger partial charge in [0.2, 0.25) is 8.35 Å². The average molecular weight is 405 g/mol. The van der Waals surface area contributed by atoms with Gasteiger partial charge in [0.15, 0.2) is 9.84 Å². The number of ketones is 1. The van der Waals surface area contributed by atoms with E-state index >= 15 is 0 Å². The van der Waals surface area contributed by atoms with Crippen LogP contribution in [0.1, 0.15) is 17.3 Å². The Hall–Kier alpha value is 0.0900. The molecule has 3 nitrogen and oxygen atoms in total. The lowest BCUT2D eigenvalue weighted by molar-refractivity contribution is 0.100. The normalized spacial score (nSPS) is 12.5. The van der Waals surface area contributed by atoms with Gasteiger partial charge in [-0.3, -0.25) is 4.79 Å². The fourth-order valence-corrected chi connectivity index (χ4v) is 3.81. The van der Waals surface area contributed by atoms with Crippen LogP contribution in [-0.4, -0.2) is 22.5 Å². The van der Waals surface area contributed by atoms with E-state index in [0.717, 1.165) is 0 Å². The molecule has 0 aliphatic heterocycles. The predicted molar refractivity (Wildman–Crippen MR) is 75.8 cm³/mol. The van der Waals surface area contributed by atoms with E-state index < -0.39 is 18.2 Å². The van der Waals surface area contributed by atoms with Crippen molar-refractivity contribution in [1.82, 2.24) is 0 Å². The quantitative estimate of drug-likeness (QED) is 0.571. The van der Waals surface area contributed by atoms with Gasteiger partial charge >= 0.3 is 0 Å². The molecular weight excluding hydrogens is 395 g/mol. The maximum absolute atomic E-state index is 12.1. The number of hydrogen-bond acceptors (Lipinski definition) is 3. The number of hydrogen-bond donors (Lipinski definition) is 0. The molecule has 0 bridgehead atoms. The topological polar surface area (TPSA) is 51.2 Å². The molecule has 0 spiro atoms. The van der Waals surface area contributed by atoms with Crippen molar-refractivity contribution >= 4 is 59.1 Å². The molecule has 0 aliphatic rings. The molecule has 0 unspecified atom stereocenters. The van der Waals surface area contributed by atoms with E-state index in [2.05, 4.69) is 31.9 Å². The fourth-order valence-electron chi connectivity index (χ4n) is 1.09. The third-order valence-corrected chi connectivity index (χ3v) is 7.80. The van der Waals surface area contributed by atoms with Crippen molar-refractivity contribution in [3.05, 3.63) is 34.9 Å². The Morgan fingerprint density at radius 3 is 2.18 bits per heavy atom. The summed E-state index contributed by atoms with van der Waals surface area (Å²) in [5, 5.41) is 0.481. The number of Topliss-reactive ketones (excluding diaryl/α,β-unsaturated/α-hetero) is 1. The van der Waals surface area contributed by atoms with Gasteiger partial charge in [-0.15, -0.1) is 0 Å². The van der Waals surface area contributed by atoms with Crippen LogP contribution >= 0.6 is 43.5 Å². The summed E-state index contributed by atoms with van der Waals surface area (Å²) in [4.78, 5) is 12.1. The maximum atomic E-state index is 12.1. The van der Waals surface area contributed by atoms with Crippen LogP contribution in [0.5, 0.6) is 0 Å². The van der Waals surface area contributed by atoms with Crippen LogP contribution in [0.3, 0.4) is 0 Å². The van der Waals surface area contributed by atoms with Crippen molar-refractivity contribution < 1.29 is 13.2 Å². The van der Waals surface area contributed by atoms with Crippen molar-refractivity contribution in [3.8, 4) is 0 Å². The molecule has 0 aromatic heterocycles. The van der Waals surface area contributed by atoms with Gasteiger partial charge in [-0.2, -0.15) is 0 Å². The second-order valence-corrected chi connectivity index (χ2v) is 10.6. The number of halogens is 3. The largest absolute Gasteiger partial charge is 0.290 e. The second kappa shape index (κ2) is 5.38. The van der Waals surface area contributed by atoms with Crippen molar-refractivity contribution in [2.24, 2.45) is 0 Å². The average Bonchev–Trinajstić information content (AvgIpc) is 2.28. The lowest BCUT2D eigenvalue weighted by atomic mass is 10.1. The van der Waals surface area contributed by atoms with Gasteiger partial charge in [-0.1, -0.05) is 18.5 Å². The fraction of sp³-hybridized carbons (Fsp3) is 0.300. The molecular formula is C10H9Br2ClO3S. The van der Waals surface area contributed by atoms with Crippen molar-refractivity contribution in [2.75, 3.05) is 5.75 Å². The molecule has 0 atom stereocenters. The van der Waals surface area contributed by atoms with Gasteiger partial charge in [-0.05, 0) is 56.1 Å². The van der Waals surface area contributed by atoms with E-state index in [4.69, 9.17) is 11.6 Å². The van der Waals surface area contributed by atoms with Gasteiger partial charge in [0.05, 0.1) is 5.75 Å². The minimum atomic E-state index is -3.60. The molecule has 0 N–H and O–H groups in total. The van der Waals surface area contributed by atoms with Gasteiger partial charge in [-0.25, -0.2) is 8.42 Å². The lowest BCUT2D eigenvalue weighted by Gasteiger charge is -2.18. The first-order valence-corrected chi connectivity index (χ1v) is 8.24. The number of carbonyl (C=O) groups excluding carboxylic acids is 1. The molecule has 17 heavy (non-hydrogen) atoms.